The van der Waals surface area contributed by atoms with Crippen LogP contribution in [0.25, 0.3) is 0 Å². The average molecular weight is 280 g/mol. The van der Waals surface area contributed by atoms with Gasteiger partial charge in [0.2, 0.25) is 5.91 Å². The molecule has 0 spiro atoms. The Morgan fingerprint density at radius 3 is 2.89 bits per heavy atom. The quantitative estimate of drug-likeness (QED) is 0.867. The number of nitrogens with one attached hydrogen (secondary N) is 1. The van der Waals surface area contributed by atoms with Crippen molar-refractivity contribution in [3.63, 3.8) is 0 Å². The summed E-state index contributed by atoms with van der Waals surface area (Å²) in [5.41, 5.74) is 8.16. The van der Waals surface area contributed by atoms with Crippen LogP contribution in [-0.4, -0.2) is 16.0 Å². The lowest BCUT2D eigenvalue weighted by atomic mass is 10.1. The van der Waals surface area contributed by atoms with Crippen LogP contribution in [0.2, 0.25) is 0 Å². The number of thiazole rings is 1. The van der Waals surface area contributed by atoms with Gasteiger partial charge in [-0.1, -0.05) is 5.16 Å². The van der Waals surface area contributed by atoms with E-state index in [0.29, 0.717) is 24.5 Å². The molecule has 0 unspecified atom stereocenters. The van der Waals surface area contributed by atoms with Crippen LogP contribution >= 0.6 is 11.3 Å². The normalized spacial score (nSPS) is 10.6. The lowest BCUT2D eigenvalue weighted by Gasteiger charge is -2.03. The van der Waals surface area contributed by atoms with Crippen LogP contribution in [0.5, 0.6) is 0 Å². The molecule has 0 fully saturated rings. The molecule has 0 saturated carbocycles. The van der Waals surface area contributed by atoms with Crippen LogP contribution in [0.15, 0.2) is 9.90 Å². The second-order valence-corrected chi connectivity index (χ2v) is 5.15. The summed E-state index contributed by atoms with van der Waals surface area (Å²) in [7, 11) is 0. The number of aromatic nitrogens is 2. The van der Waals surface area contributed by atoms with Crippen LogP contribution in [0, 0.1) is 13.8 Å². The van der Waals surface area contributed by atoms with Crippen LogP contribution in [-0.2, 0) is 17.8 Å². The maximum atomic E-state index is 11.7. The molecule has 0 saturated heterocycles. The van der Waals surface area contributed by atoms with Crippen molar-refractivity contribution >= 4 is 22.4 Å². The summed E-state index contributed by atoms with van der Waals surface area (Å²) < 4.78 is 5.06. The molecule has 0 aliphatic heterocycles. The Balaban J connectivity index is 1.79. The van der Waals surface area contributed by atoms with Gasteiger partial charge in [-0.3, -0.25) is 4.79 Å². The monoisotopic (exact) mass is 280 g/mol. The van der Waals surface area contributed by atoms with Crippen molar-refractivity contribution in [2.45, 2.75) is 33.2 Å². The summed E-state index contributed by atoms with van der Waals surface area (Å²) in [6.07, 6.45) is 1.04. The highest BCUT2D eigenvalue weighted by molar-refractivity contribution is 7.13. The Bertz CT molecular complexity index is 557. The van der Waals surface area contributed by atoms with E-state index in [9.17, 15) is 4.79 Å². The van der Waals surface area contributed by atoms with Crippen molar-refractivity contribution in [2.75, 3.05) is 5.73 Å². The van der Waals surface area contributed by atoms with E-state index in [2.05, 4.69) is 15.5 Å². The zero-order valence-corrected chi connectivity index (χ0v) is 11.7. The first kappa shape index (κ1) is 13.5. The summed E-state index contributed by atoms with van der Waals surface area (Å²) in [5.74, 6) is 0.754. The maximum absolute atomic E-state index is 11.7. The molecule has 2 aromatic rings. The minimum absolute atomic E-state index is 0.0217. The number of aryl methyl sites for hydroxylation is 2. The van der Waals surface area contributed by atoms with Crippen LogP contribution in [0.3, 0.4) is 0 Å². The Morgan fingerprint density at radius 1 is 1.53 bits per heavy atom. The van der Waals surface area contributed by atoms with Gasteiger partial charge in [0.1, 0.15) is 5.76 Å². The fourth-order valence-electron chi connectivity index (χ4n) is 1.78. The predicted octanol–water partition coefficient (Wildman–Crippen LogP) is 1.58. The maximum Gasteiger partial charge on any atom is 0.220 e. The minimum atomic E-state index is -0.0217. The molecule has 3 N–H and O–H groups in total. The fraction of sp³-hybridized carbons (Fsp3) is 0.417. The van der Waals surface area contributed by atoms with E-state index in [1.54, 1.807) is 0 Å². The fourth-order valence-corrected chi connectivity index (χ4v) is 2.34. The van der Waals surface area contributed by atoms with Crippen LogP contribution in [0.1, 0.15) is 29.1 Å². The largest absolute Gasteiger partial charge is 0.375 e. The molecule has 2 heterocycles. The number of carbonyl (C=O) groups is 1. The van der Waals surface area contributed by atoms with Gasteiger partial charge in [-0.15, -0.1) is 11.3 Å². The molecule has 2 rings (SSSR count). The van der Waals surface area contributed by atoms with E-state index in [1.165, 1.54) is 11.3 Å². The first-order valence-corrected chi connectivity index (χ1v) is 6.82. The molecule has 1 amide bonds. The third-order valence-electron chi connectivity index (χ3n) is 2.82. The molecular weight excluding hydrogens is 264 g/mol. The predicted molar refractivity (Wildman–Crippen MR) is 72.7 cm³/mol. The van der Waals surface area contributed by atoms with Gasteiger partial charge in [0.25, 0.3) is 0 Å². The Morgan fingerprint density at radius 2 is 2.32 bits per heavy atom. The Labute approximate surface area is 115 Å². The van der Waals surface area contributed by atoms with Crippen LogP contribution < -0.4 is 11.1 Å². The van der Waals surface area contributed by atoms with E-state index in [1.807, 2.05) is 19.2 Å². The van der Waals surface area contributed by atoms with Crippen molar-refractivity contribution in [1.82, 2.24) is 15.5 Å². The smallest absolute Gasteiger partial charge is 0.220 e. The third kappa shape index (κ3) is 3.54. The lowest BCUT2D eigenvalue weighted by molar-refractivity contribution is -0.121. The van der Waals surface area contributed by atoms with Gasteiger partial charge in [-0.25, -0.2) is 4.98 Å². The molecular formula is C12H16N4O2S. The highest BCUT2D eigenvalue weighted by Gasteiger charge is 2.11. The zero-order valence-electron chi connectivity index (χ0n) is 10.9. The summed E-state index contributed by atoms with van der Waals surface area (Å²) in [6.45, 7) is 4.14. The van der Waals surface area contributed by atoms with E-state index < -0.39 is 0 Å². The minimum Gasteiger partial charge on any atom is -0.375 e. The third-order valence-corrected chi connectivity index (χ3v) is 3.54. The lowest BCUT2D eigenvalue weighted by Crippen LogP contribution is -2.23. The number of carbonyl (C=O) groups excluding carboxylic acids is 1. The summed E-state index contributed by atoms with van der Waals surface area (Å²) in [6, 6.07) is 0. The molecule has 6 nitrogen and oxygen atoms in total. The van der Waals surface area contributed by atoms with Gasteiger partial charge in [0, 0.05) is 17.4 Å². The van der Waals surface area contributed by atoms with E-state index in [-0.39, 0.29) is 5.91 Å². The molecule has 102 valence electrons. The van der Waals surface area contributed by atoms with Crippen molar-refractivity contribution in [1.29, 1.82) is 0 Å². The standard InChI is InChI=1S/C12H16N4O2S/c1-7-10(8(2)18-16-7)3-4-11(17)14-5-9-6-19-12(13)15-9/h6H,3-5H2,1-2H3,(H2,13,15)(H,14,17). The second kappa shape index (κ2) is 5.83. The molecule has 0 atom stereocenters. The van der Waals surface area contributed by atoms with Gasteiger partial charge in [-0.2, -0.15) is 0 Å². The highest BCUT2D eigenvalue weighted by Crippen LogP contribution is 2.14. The number of nitrogen functional groups attached to an aromatic ring is 1. The first-order valence-electron chi connectivity index (χ1n) is 5.94. The Hall–Kier alpha value is -1.89. The molecule has 2 aromatic heterocycles. The summed E-state index contributed by atoms with van der Waals surface area (Å²) >= 11 is 1.37. The Kier molecular flexibility index (Phi) is 4.16. The van der Waals surface area contributed by atoms with Gasteiger partial charge in [0.05, 0.1) is 17.9 Å². The highest BCUT2D eigenvalue weighted by atomic mass is 32.1. The number of amides is 1. The topological polar surface area (TPSA) is 94.0 Å². The SMILES string of the molecule is Cc1noc(C)c1CCC(=O)NCc1csc(N)n1. The average Bonchev–Trinajstić information content (AvgIpc) is 2.92. The van der Waals surface area contributed by atoms with Gasteiger partial charge >= 0.3 is 0 Å². The van der Waals surface area contributed by atoms with Gasteiger partial charge in [-0.05, 0) is 20.3 Å². The molecule has 0 aliphatic rings. The number of rotatable bonds is 5. The van der Waals surface area contributed by atoms with E-state index >= 15 is 0 Å². The number of hydrogen-bond acceptors (Lipinski definition) is 6. The first-order chi connectivity index (χ1) is 9.06. The summed E-state index contributed by atoms with van der Waals surface area (Å²) in [5, 5.41) is 9.02. The number of nitrogens with zero attached hydrogens (tertiary/aromatic N) is 2. The van der Waals surface area contributed by atoms with Gasteiger partial charge in [0.15, 0.2) is 5.13 Å². The van der Waals surface area contributed by atoms with E-state index in [0.717, 1.165) is 22.7 Å². The molecule has 0 bridgehead atoms. The molecule has 19 heavy (non-hydrogen) atoms. The molecule has 7 heteroatoms. The summed E-state index contributed by atoms with van der Waals surface area (Å²) in [4.78, 5) is 15.8. The van der Waals surface area contributed by atoms with Crippen molar-refractivity contribution < 1.29 is 9.32 Å². The van der Waals surface area contributed by atoms with E-state index in [4.69, 9.17) is 10.3 Å². The van der Waals surface area contributed by atoms with Crippen molar-refractivity contribution in [3.05, 3.63) is 28.1 Å². The van der Waals surface area contributed by atoms with Gasteiger partial charge < -0.3 is 15.6 Å². The second-order valence-electron chi connectivity index (χ2n) is 4.26. The van der Waals surface area contributed by atoms with Crippen molar-refractivity contribution in [2.24, 2.45) is 0 Å². The van der Waals surface area contributed by atoms with Crippen molar-refractivity contribution in [3.8, 4) is 0 Å². The molecule has 0 aliphatic carbocycles. The number of anilines is 1. The number of hydrogen-bond donors (Lipinski definition) is 2. The van der Waals surface area contributed by atoms with Crippen LogP contribution in [0.4, 0.5) is 5.13 Å². The zero-order chi connectivity index (χ0) is 13.8. The molecule has 0 radical (unpaired) electrons. The molecule has 0 aromatic carbocycles. The number of nitrogens with two attached hydrogens (primary N) is 1.